The molecule has 0 heterocycles. The van der Waals surface area contributed by atoms with Gasteiger partial charge in [0.15, 0.2) is 0 Å². The van der Waals surface area contributed by atoms with E-state index in [1.807, 2.05) is 31.2 Å². The first-order chi connectivity index (χ1) is 8.88. The average molecular weight is 264 g/mol. The van der Waals surface area contributed by atoms with Crippen LogP contribution in [0.15, 0.2) is 24.3 Å². The van der Waals surface area contributed by atoms with Crippen LogP contribution in [0.1, 0.15) is 50.8 Å². The van der Waals surface area contributed by atoms with E-state index in [4.69, 9.17) is 5.11 Å². The van der Waals surface area contributed by atoms with Gasteiger partial charge in [0.2, 0.25) is 0 Å². The van der Waals surface area contributed by atoms with E-state index in [2.05, 4.69) is 13.8 Å². The van der Waals surface area contributed by atoms with Crippen molar-refractivity contribution >= 4 is 5.97 Å². The zero-order valence-corrected chi connectivity index (χ0v) is 12.0. The molecule has 0 aliphatic rings. The molecule has 0 saturated heterocycles. The highest BCUT2D eigenvalue weighted by molar-refractivity contribution is 5.66. The second kappa shape index (κ2) is 7.29. The minimum Gasteiger partial charge on any atom is -0.481 e. The second-order valence-corrected chi connectivity index (χ2v) is 5.79. The van der Waals surface area contributed by atoms with Crippen LogP contribution in [0.25, 0.3) is 0 Å². The summed E-state index contributed by atoms with van der Waals surface area (Å²) in [5.74, 6) is -0.221. The maximum atomic E-state index is 10.6. The van der Waals surface area contributed by atoms with Gasteiger partial charge < -0.3 is 10.2 Å². The molecule has 0 aromatic heterocycles. The van der Waals surface area contributed by atoms with Crippen LogP contribution in [-0.4, -0.2) is 16.2 Å². The van der Waals surface area contributed by atoms with E-state index in [9.17, 15) is 9.90 Å². The fourth-order valence-corrected chi connectivity index (χ4v) is 2.25. The van der Waals surface area contributed by atoms with Crippen molar-refractivity contribution in [2.75, 3.05) is 0 Å². The van der Waals surface area contributed by atoms with Gasteiger partial charge in [0.05, 0.1) is 6.10 Å². The number of rotatable bonds is 7. The average Bonchev–Trinajstić information content (AvgIpc) is 2.27. The second-order valence-electron chi connectivity index (χ2n) is 5.79. The van der Waals surface area contributed by atoms with Crippen molar-refractivity contribution < 1.29 is 15.0 Å². The predicted octanol–water partition coefficient (Wildman–Crippen LogP) is 3.42. The SMILES string of the molecule is CC(C)Cc1ccc(C(O)CC(C)CC(=O)O)cc1. The van der Waals surface area contributed by atoms with Crippen molar-refractivity contribution in [1.82, 2.24) is 0 Å². The highest BCUT2D eigenvalue weighted by atomic mass is 16.4. The molecule has 0 radical (unpaired) electrons. The third-order valence-corrected chi connectivity index (χ3v) is 3.16. The fourth-order valence-electron chi connectivity index (χ4n) is 2.25. The van der Waals surface area contributed by atoms with Gasteiger partial charge in [0.25, 0.3) is 0 Å². The summed E-state index contributed by atoms with van der Waals surface area (Å²) in [6, 6.07) is 7.96. The monoisotopic (exact) mass is 264 g/mol. The number of aliphatic hydroxyl groups is 1. The smallest absolute Gasteiger partial charge is 0.303 e. The third kappa shape index (κ3) is 5.88. The van der Waals surface area contributed by atoms with Crippen molar-refractivity contribution in [2.24, 2.45) is 11.8 Å². The molecular weight excluding hydrogens is 240 g/mol. The van der Waals surface area contributed by atoms with Gasteiger partial charge in [-0.25, -0.2) is 0 Å². The van der Waals surface area contributed by atoms with Crippen LogP contribution in [0.3, 0.4) is 0 Å². The van der Waals surface area contributed by atoms with E-state index < -0.39 is 12.1 Å². The molecule has 0 amide bonds. The summed E-state index contributed by atoms with van der Waals surface area (Å²) in [5, 5.41) is 18.8. The summed E-state index contributed by atoms with van der Waals surface area (Å²) < 4.78 is 0. The molecule has 0 aliphatic carbocycles. The minimum atomic E-state index is -0.813. The largest absolute Gasteiger partial charge is 0.481 e. The Labute approximate surface area is 115 Å². The lowest BCUT2D eigenvalue weighted by Gasteiger charge is -2.16. The number of carboxylic acids is 1. The van der Waals surface area contributed by atoms with E-state index in [0.29, 0.717) is 12.3 Å². The molecule has 2 N–H and O–H groups in total. The molecule has 0 spiro atoms. The number of aliphatic carboxylic acids is 1. The van der Waals surface area contributed by atoms with Gasteiger partial charge in [-0.05, 0) is 35.8 Å². The lowest BCUT2D eigenvalue weighted by Crippen LogP contribution is -2.09. The molecule has 2 atom stereocenters. The predicted molar refractivity (Wildman–Crippen MR) is 76.0 cm³/mol. The quantitative estimate of drug-likeness (QED) is 0.793. The van der Waals surface area contributed by atoms with E-state index >= 15 is 0 Å². The van der Waals surface area contributed by atoms with Crippen molar-refractivity contribution in [2.45, 2.75) is 46.1 Å². The van der Waals surface area contributed by atoms with Crippen LogP contribution in [0, 0.1) is 11.8 Å². The molecule has 0 saturated carbocycles. The maximum absolute atomic E-state index is 10.6. The van der Waals surface area contributed by atoms with Crippen LogP contribution in [0.4, 0.5) is 0 Å². The number of carboxylic acid groups (broad SMARTS) is 1. The molecule has 1 aromatic carbocycles. The molecule has 106 valence electrons. The topological polar surface area (TPSA) is 57.5 Å². The number of aliphatic hydroxyl groups excluding tert-OH is 1. The first kappa shape index (κ1) is 15.7. The van der Waals surface area contributed by atoms with Gasteiger partial charge in [-0.2, -0.15) is 0 Å². The van der Waals surface area contributed by atoms with Gasteiger partial charge in [0.1, 0.15) is 0 Å². The van der Waals surface area contributed by atoms with Gasteiger partial charge in [-0.1, -0.05) is 45.0 Å². The normalized spacial score (nSPS) is 14.4. The Kier molecular flexibility index (Phi) is 6.03. The van der Waals surface area contributed by atoms with Crippen LogP contribution in [0.2, 0.25) is 0 Å². The summed E-state index contributed by atoms with van der Waals surface area (Å²) >= 11 is 0. The molecular formula is C16H24O3. The van der Waals surface area contributed by atoms with E-state index in [1.54, 1.807) is 0 Å². The zero-order valence-electron chi connectivity index (χ0n) is 12.0. The zero-order chi connectivity index (χ0) is 14.4. The van der Waals surface area contributed by atoms with Crippen molar-refractivity contribution in [3.8, 4) is 0 Å². The molecule has 2 unspecified atom stereocenters. The summed E-state index contributed by atoms with van der Waals surface area (Å²) in [4.78, 5) is 10.6. The Morgan fingerprint density at radius 3 is 2.21 bits per heavy atom. The fraction of sp³-hybridized carbons (Fsp3) is 0.562. The molecule has 0 aliphatic heterocycles. The molecule has 3 nitrogen and oxygen atoms in total. The standard InChI is InChI=1S/C16H24O3/c1-11(2)8-13-4-6-14(7-5-13)15(17)9-12(3)10-16(18)19/h4-7,11-12,15,17H,8-10H2,1-3H3,(H,18,19). The van der Waals surface area contributed by atoms with Crippen LogP contribution < -0.4 is 0 Å². The van der Waals surface area contributed by atoms with Crippen LogP contribution in [0.5, 0.6) is 0 Å². The molecule has 1 rings (SSSR count). The molecule has 1 aromatic rings. The Bertz CT molecular complexity index is 395. The third-order valence-electron chi connectivity index (χ3n) is 3.16. The highest BCUT2D eigenvalue weighted by Gasteiger charge is 2.15. The van der Waals surface area contributed by atoms with Crippen LogP contribution >= 0.6 is 0 Å². The maximum Gasteiger partial charge on any atom is 0.303 e. The molecule has 0 fully saturated rings. The highest BCUT2D eigenvalue weighted by Crippen LogP contribution is 2.23. The Hall–Kier alpha value is -1.35. The number of hydrogen-bond acceptors (Lipinski definition) is 2. The Morgan fingerprint density at radius 2 is 1.74 bits per heavy atom. The lowest BCUT2D eigenvalue weighted by atomic mass is 9.94. The molecule has 19 heavy (non-hydrogen) atoms. The number of hydrogen-bond donors (Lipinski definition) is 2. The van der Waals surface area contributed by atoms with Gasteiger partial charge in [-0.15, -0.1) is 0 Å². The van der Waals surface area contributed by atoms with E-state index in [0.717, 1.165) is 12.0 Å². The minimum absolute atomic E-state index is 0.0251. The summed E-state index contributed by atoms with van der Waals surface area (Å²) in [7, 11) is 0. The van der Waals surface area contributed by atoms with Crippen molar-refractivity contribution in [1.29, 1.82) is 0 Å². The first-order valence-corrected chi connectivity index (χ1v) is 6.87. The van der Waals surface area contributed by atoms with Crippen molar-refractivity contribution in [3.63, 3.8) is 0 Å². The summed E-state index contributed by atoms with van der Waals surface area (Å²) in [6.45, 7) is 6.21. The summed E-state index contributed by atoms with van der Waals surface area (Å²) in [5.41, 5.74) is 2.13. The lowest BCUT2D eigenvalue weighted by molar-refractivity contribution is -0.138. The number of benzene rings is 1. The Balaban J connectivity index is 2.57. The van der Waals surface area contributed by atoms with E-state index in [1.165, 1.54) is 5.56 Å². The Morgan fingerprint density at radius 1 is 1.16 bits per heavy atom. The number of carbonyl (C=O) groups is 1. The van der Waals surface area contributed by atoms with Gasteiger partial charge >= 0.3 is 5.97 Å². The first-order valence-electron chi connectivity index (χ1n) is 6.87. The van der Waals surface area contributed by atoms with Crippen LogP contribution in [-0.2, 0) is 11.2 Å². The molecule has 3 heteroatoms. The molecule has 0 bridgehead atoms. The summed E-state index contributed by atoms with van der Waals surface area (Å²) in [6.07, 6.45) is 1.03. The van der Waals surface area contributed by atoms with Gasteiger partial charge in [-0.3, -0.25) is 4.79 Å². The van der Waals surface area contributed by atoms with Crippen molar-refractivity contribution in [3.05, 3.63) is 35.4 Å². The van der Waals surface area contributed by atoms with Gasteiger partial charge in [0, 0.05) is 6.42 Å². The van der Waals surface area contributed by atoms with E-state index in [-0.39, 0.29) is 12.3 Å².